The van der Waals surface area contributed by atoms with Gasteiger partial charge in [0.1, 0.15) is 11.6 Å². The summed E-state index contributed by atoms with van der Waals surface area (Å²) in [5.41, 5.74) is 8.02. The predicted molar refractivity (Wildman–Crippen MR) is 107 cm³/mol. The second kappa shape index (κ2) is 7.06. The van der Waals surface area contributed by atoms with Crippen molar-refractivity contribution < 1.29 is 13.2 Å². The maximum Gasteiger partial charge on any atom is 0.255 e. The van der Waals surface area contributed by atoms with Gasteiger partial charge in [0.2, 0.25) is 0 Å². The second-order valence-electron chi connectivity index (χ2n) is 7.34. The van der Waals surface area contributed by atoms with E-state index >= 15 is 0 Å². The van der Waals surface area contributed by atoms with Gasteiger partial charge in [-0.2, -0.15) is 0 Å². The molecule has 2 atom stereocenters. The molecule has 28 heavy (non-hydrogen) atoms. The molecule has 2 aliphatic rings. The molecule has 2 aromatic rings. The number of nitrogens with zero attached hydrogens (tertiary/aromatic N) is 1. The molecule has 1 saturated carbocycles. The Morgan fingerprint density at radius 1 is 1.25 bits per heavy atom. The Morgan fingerprint density at radius 3 is 2.79 bits per heavy atom. The summed E-state index contributed by atoms with van der Waals surface area (Å²) < 4.78 is 23.7. The third-order valence-corrected chi connectivity index (χ3v) is 6.31. The summed E-state index contributed by atoms with van der Waals surface area (Å²) in [6, 6.07) is 8.56. The summed E-state index contributed by atoms with van der Waals surface area (Å²) in [4.78, 5) is 17.1. The molecule has 0 unspecified atom stereocenters. The van der Waals surface area contributed by atoms with E-state index < -0.39 is 9.84 Å². The Kier molecular flexibility index (Phi) is 4.72. The van der Waals surface area contributed by atoms with Gasteiger partial charge in [0, 0.05) is 30.6 Å². The third kappa shape index (κ3) is 3.67. The lowest BCUT2D eigenvalue weighted by Gasteiger charge is -2.19. The molecule has 0 bridgehead atoms. The van der Waals surface area contributed by atoms with Crippen LogP contribution in [-0.2, 0) is 16.4 Å². The van der Waals surface area contributed by atoms with Crippen molar-refractivity contribution in [1.82, 2.24) is 10.3 Å². The number of fused-ring (bicyclic) bond motifs is 1. The van der Waals surface area contributed by atoms with Crippen LogP contribution in [0.2, 0.25) is 0 Å². The zero-order chi connectivity index (χ0) is 19.9. The van der Waals surface area contributed by atoms with Crippen molar-refractivity contribution >= 4 is 33.1 Å². The molecule has 148 valence electrons. The van der Waals surface area contributed by atoms with Gasteiger partial charge < -0.3 is 21.7 Å². The van der Waals surface area contributed by atoms with E-state index in [1.807, 2.05) is 6.07 Å². The number of nitrogens with two attached hydrogens (primary N) is 1. The van der Waals surface area contributed by atoms with E-state index in [2.05, 4.69) is 20.9 Å². The zero-order valence-electron chi connectivity index (χ0n) is 15.5. The van der Waals surface area contributed by atoms with Crippen molar-refractivity contribution in [2.45, 2.75) is 42.8 Å². The molecule has 0 saturated heterocycles. The lowest BCUT2D eigenvalue weighted by Crippen LogP contribution is -2.35. The van der Waals surface area contributed by atoms with Gasteiger partial charge in [0.15, 0.2) is 9.84 Å². The fourth-order valence-electron chi connectivity index (χ4n) is 3.72. The lowest BCUT2D eigenvalue weighted by molar-refractivity contribution is 0.0966. The number of benzene rings is 1. The number of hydrogen-bond acceptors (Lipinski definition) is 7. The van der Waals surface area contributed by atoms with Gasteiger partial charge in [-0.25, -0.2) is 13.4 Å². The van der Waals surface area contributed by atoms with Gasteiger partial charge >= 0.3 is 0 Å². The fourth-order valence-corrected chi connectivity index (χ4v) is 4.38. The molecule has 1 aliphatic heterocycles. The highest BCUT2D eigenvalue weighted by molar-refractivity contribution is 7.90. The number of sulfone groups is 1. The van der Waals surface area contributed by atoms with Crippen LogP contribution in [0, 0.1) is 0 Å². The van der Waals surface area contributed by atoms with E-state index in [1.54, 1.807) is 12.1 Å². The van der Waals surface area contributed by atoms with Gasteiger partial charge in [-0.15, -0.1) is 0 Å². The molecule has 8 nitrogen and oxygen atoms in total. The van der Waals surface area contributed by atoms with Crippen LogP contribution in [0.5, 0.6) is 0 Å². The molecule has 1 aromatic heterocycles. The van der Waals surface area contributed by atoms with Crippen molar-refractivity contribution in [3.63, 3.8) is 0 Å². The first kappa shape index (κ1) is 18.7. The highest BCUT2D eigenvalue weighted by atomic mass is 32.2. The van der Waals surface area contributed by atoms with Crippen molar-refractivity contribution in [2.75, 3.05) is 16.9 Å². The number of nitrogens with one attached hydrogen (secondary N) is 3. The Labute approximate surface area is 163 Å². The summed E-state index contributed by atoms with van der Waals surface area (Å²) >= 11 is 0. The van der Waals surface area contributed by atoms with E-state index in [1.165, 1.54) is 12.1 Å². The van der Waals surface area contributed by atoms with Gasteiger partial charge in [-0.3, -0.25) is 4.79 Å². The van der Waals surface area contributed by atoms with E-state index in [0.29, 0.717) is 29.4 Å². The summed E-state index contributed by atoms with van der Waals surface area (Å²) in [6.45, 7) is 0.431. The number of amides is 1. The van der Waals surface area contributed by atoms with Crippen molar-refractivity contribution in [3.8, 4) is 0 Å². The van der Waals surface area contributed by atoms with Crippen molar-refractivity contribution in [2.24, 2.45) is 5.73 Å². The Bertz CT molecular complexity index is 1040. The quantitative estimate of drug-likeness (QED) is 0.601. The standard InChI is InChI=1S/C19H23N5O3S/c1-28(26,27)13-5-2-4-12(9-13)22-18-17-11(10-21-19(17)25)8-16(24-18)23-15-7-3-6-14(15)20/h2,4-5,8-9,14-15H,3,6-7,10,20H2,1H3,(H,21,25)(H2,22,23,24)/t14-,15+/m0/s1. The molecular formula is C19H23N5O3S. The molecule has 1 fully saturated rings. The molecular weight excluding hydrogens is 378 g/mol. The summed E-state index contributed by atoms with van der Waals surface area (Å²) in [7, 11) is -3.34. The number of carbonyl (C=O) groups excluding carboxylic acids is 1. The van der Waals surface area contributed by atoms with Crippen LogP contribution >= 0.6 is 0 Å². The smallest absolute Gasteiger partial charge is 0.255 e. The molecule has 4 rings (SSSR count). The molecule has 0 spiro atoms. The Morgan fingerprint density at radius 2 is 2.07 bits per heavy atom. The second-order valence-corrected chi connectivity index (χ2v) is 9.36. The number of aromatic nitrogens is 1. The average molecular weight is 401 g/mol. The highest BCUT2D eigenvalue weighted by Gasteiger charge is 2.28. The van der Waals surface area contributed by atoms with E-state index in [4.69, 9.17) is 5.73 Å². The predicted octanol–water partition coefficient (Wildman–Crippen LogP) is 1.76. The van der Waals surface area contributed by atoms with Crippen molar-refractivity contribution in [3.05, 3.63) is 41.5 Å². The van der Waals surface area contributed by atoms with Crippen LogP contribution < -0.4 is 21.7 Å². The van der Waals surface area contributed by atoms with Gasteiger partial charge in [-0.1, -0.05) is 6.07 Å². The largest absolute Gasteiger partial charge is 0.366 e. The topological polar surface area (TPSA) is 126 Å². The highest BCUT2D eigenvalue weighted by Crippen LogP contribution is 2.30. The summed E-state index contributed by atoms with van der Waals surface area (Å²) in [5.74, 6) is 0.847. The number of hydrogen-bond donors (Lipinski definition) is 4. The van der Waals surface area contributed by atoms with Crippen LogP contribution in [0.4, 0.5) is 17.3 Å². The summed E-state index contributed by atoms with van der Waals surface area (Å²) in [5, 5.41) is 9.31. The van der Waals surface area contributed by atoms with Crippen LogP contribution in [0.1, 0.15) is 35.2 Å². The zero-order valence-corrected chi connectivity index (χ0v) is 16.3. The maximum atomic E-state index is 12.3. The Balaban J connectivity index is 1.69. The van der Waals surface area contributed by atoms with Crippen LogP contribution in [0.3, 0.4) is 0 Å². The fraction of sp³-hybridized carbons (Fsp3) is 0.368. The lowest BCUT2D eigenvalue weighted by atomic mass is 10.1. The van der Waals surface area contributed by atoms with Gasteiger partial charge in [-0.05, 0) is 49.1 Å². The van der Waals surface area contributed by atoms with Crippen LogP contribution in [-0.4, -0.2) is 37.6 Å². The third-order valence-electron chi connectivity index (χ3n) is 5.20. The van der Waals surface area contributed by atoms with E-state index in [-0.39, 0.29) is 22.9 Å². The number of rotatable bonds is 5. The normalized spacial score (nSPS) is 21.3. The van der Waals surface area contributed by atoms with Crippen LogP contribution in [0.15, 0.2) is 35.2 Å². The number of anilines is 3. The first-order valence-electron chi connectivity index (χ1n) is 9.22. The minimum atomic E-state index is -3.34. The first-order chi connectivity index (χ1) is 13.3. The SMILES string of the molecule is CS(=O)(=O)c1cccc(Nc2nc(N[C@@H]3CCC[C@@H]3N)cc3c2C(=O)NC3)c1. The molecule has 1 amide bonds. The molecule has 9 heteroatoms. The van der Waals surface area contributed by atoms with Gasteiger partial charge in [0.25, 0.3) is 5.91 Å². The number of pyridine rings is 1. The summed E-state index contributed by atoms with van der Waals surface area (Å²) in [6.07, 6.45) is 4.19. The maximum absolute atomic E-state index is 12.3. The minimum Gasteiger partial charge on any atom is -0.366 e. The van der Waals surface area contributed by atoms with Crippen molar-refractivity contribution in [1.29, 1.82) is 0 Å². The first-order valence-corrected chi connectivity index (χ1v) is 11.1. The molecule has 0 radical (unpaired) electrons. The molecule has 2 heterocycles. The van der Waals surface area contributed by atoms with E-state index in [0.717, 1.165) is 31.1 Å². The van der Waals surface area contributed by atoms with Crippen LogP contribution in [0.25, 0.3) is 0 Å². The van der Waals surface area contributed by atoms with E-state index in [9.17, 15) is 13.2 Å². The monoisotopic (exact) mass is 401 g/mol. The molecule has 5 N–H and O–H groups in total. The Hall–Kier alpha value is -2.65. The molecule has 1 aliphatic carbocycles. The average Bonchev–Trinajstić information content (AvgIpc) is 3.21. The van der Waals surface area contributed by atoms with Gasteiger partial charge in [0.05, 0.1) is 10.5 Å². The molecule has 1 aromatic carbocycles. The number of carbonyl (C=O) groups is 1. The minimum absolute atomic E-state index is 0.0812.